The summed E-state index contributed by atoms with van der Waals surface area (Å²) in [4.78, 5) is 25.9. The molecule has 3 rings (SSSR count). The Morgan fingerprint density at radius 1 is 1.08 bits per heavy atom. The van der Waals surface area contributed by atoms with E-state index in [2.05, 4.69) is 6.07 Å². The highest BCUT2D eigenvalue weighted by Gasteiger charge is 2.22. The third-order valence-electron chi connectivity index (χ3n) is 4.59. The lowest BCUT2D eigenvalue weighted by Crippen LogP contribution is -2.33. The Morgan fingerprint density at radius 3 is 2.52 bits per heavy atom. The summed E-state index contributed by atoms with van der Waals surface area (Å²) >= 11 is 0. The molecule has 0 fully saturated rings. The molecule has 1 aliphatic rings. The molecule has 0 atom stereocenters. The Labute approximate surface area is 146 Å². The van der Waals surface area contributed by atoms with Crippen molar-refractivity contribution in [2.45, 2.75) is 19.8 Å². The van der Waals surface area contributed by atoms with Gasteiger partial charge in [-0.1, -0.05) is 12.1 Å². The molecule has 2 aromatic rings. The maximum atomic E-state index is 12.9. The van der Waals surface area contributed by atoms with Crippen LogP contribution in [0.3, 0.4) is 0 Å². The standard InChI is InChI=1S/C20H21NO4/c1-13-10-15(12-16(11-13)20(23)24)19(22)21-8-6-14-4-3-5-18(25-2)17(14)7-9-21/h3-5,10-12H,6-9H2,1-2H3,(H,23,24). The third kappa shape index (κ3) is 3.50. The first-order valence-electron chi connectivity index (χ1n) is 8.28. The van der Waals surface area contributed by atoms with Crippen LogP contribution in [0.15, 0.2) is 36.4 Å². The smallest absolute Gasteiger partial charge is 0.335 e. The van der Waals surface area contributed by atoms with Gasteiger partial charge in [-0.25, -0.2) is 4.79 Å². The number of carbonyl (C=O) groups excluding carboxylic acids is 1. The van der Waals surface area contributed by atoms with E-state index in [1.54, 1.807) is 31.1 Å². The van der Waals surface area contributed by atoms with Gasteiger partial charge in [-0.2, -0.15) is 0 Å². The summed E-state index contributed by atoms with van der Waals surface area (Å²) in [5, 5.41) is 9.21. The van der Waals surface area contributed by atoms with E-state index in [9.17, 15) is 14.7 Å². The quantitative estimate of drug-likeness (QED) is 0.934. The number of carbonyl (C=O) groups is 2. The molecule has 0 saturated heterocycles. The number of carboxylic acids is 1. The van der Waals surface area contributed by atoms with Crippen LogP contribution < -0.4 is 4.74 Å². The minimum atomic E-state index is -1.02. The van der Waals surface area contributed by atoms with Gasteiger partial charge in [0.25, 0.3) is 5.91 Å². The molecule has 0 saturated carbocycles. The van der Waals surface area contributed by atoms with Crippen LogP contribution in [0.5, 0.6) is 5.75 Å². The largest absolute Gasteiger partial charge is 0.496 e. The van der Waals surface area contributed by atoms with E-state index in [0.717, 1.165) is 29.7 Å². The van der Waals surface area contributed by atoms with Gasteiger partial charge in [0.1, 0.15) is 5.75 Å². The van der Waals surface area contributed by atoms with Crippen molar-refractivity contribution in [1.82, 2.24) is 4.90 Å². The van der Waals surface area contributed by atoms with Gasteiger partial charge in [0.15, 0.2) is 0 Å². The lowest BCUT2D eigenvalue weighted by atomic mass is 10.0. The van der Waals surface area contributed by atoms with Crippen LogP contribution >= 0.6 is 0 Å². The minimum absolute atomic E-state index is 0.127. The summed E-state index contributed by atoms with van der Waals surface area (Å²) in [6.45, 7) is 2.99. The van der Waals surface area contributed by atoms with Gasteiger partial charge in [-0.15, -0.1) is 0 Å². The van der Waals surface area contributed by atoms with Gasteiger partial charge in [0.2, 0.25) is 0 Å². The summed E-state index contributed by atoms with van der Waals surface area (Å²) in [6, 6.07) is 10.7. The normalized spacial score (nSPS) is 13.8. The van der Waals surface area contributed by atoms with Crippen molar-refractivity contribution in [2.75, 3.05) is 20.2 Å². The molecule has 5 heteroatoms. The second-order valence-electron chi connectivity index (χ2n) is 6.28. The third-order valence-corrected chi connectivity index (χ3v) is 4.59. The molecule has 0 unspecified atom stereocenters. The van der Waals surface area contributed by atoms with E-state index in [4.69, 9.17) is 4.74 Å². The summed E-state index contributed by atoms with van der Waals surface area (Å²) < 4.78 is 5.44. The van der Waals surface area contributed by atoms with Gasteiger partial charge in [0, 0.05) is 18.7 Å². The number of aryl methyl sites for hydroxylation is 1. The molecule has 1 heterocycles. The Hall–Kier alpha value is -2.82. The van der Waals surface area contributed by atoms with Crippen molar-refractivity contribution in [1.29, 1.82) is 0 Å². The topological polar surface area (TPSA) is 66.8 Å². The number of benzene rings is 2. The first-order valence-corrected chi connectivity index (χ1v) is 8.28. The summed E-state index contributed by atoms with van der Waals surface area (Å²) in [6.07, 6.45) is 1.48. The maximum Gasteiger partial charge on any atom is 0.335 e. The van der Waals surface area contributed by atoms with Gasteiger partial charge in [-0.3, -0.25) is 4.79 Å². The maximum absolute atomic E-state index is 12.9. The number of methoxy groups -OCH3 is 1. The van der Waals surface area contributed by atoms with Crippen LogP contribution in [0.4, 0.5) is 0 Å². The van der Waals surface area contributed by atoms with Gasteiger partial charge in [0.05, 0.1) is 12.7 Å². The lowest BCUT2D eigenvalue weighted by molar-refractivity contribution is 0.0696. The highest BCUT2D eigenvalue weighted by atomic mass is 16.5. The fraction of sp³-hybridized carbons (Fsp3) is 0.300. The molecule has 0 aromatic heterocycles. The molecule has 1 N–H and O–H groups in total. The number of rotatable bonds is 3. The number of carboxylic acid groups (broad SMARTS) is 1. The van der Waals surface area contributed by atoms with Crippen LogP contribution in [0.1, 0.15) is 37.4 Å². The van der Waals surface area contributed by atoms with Gasteiger partial charge >= 0.3 is 5.97 Å². The van der Waals surface area contributed by atoms with Gasteiger partial charge in [-0.05, 0) is 60.7 Å². The predicted molar refractivity (Wildman–Crippen MR) is 94.4 cm³/mol. The second-order valence-corrected chi connectivity index (χ2v) is 6.28. The number of fused-ring (bicyclic) bond motifs is 1. The van der Waals surface area contributed by atoms with E-state index in [1.165, 1.54) is 11.6 Å². The Morgan fingerprint density at radius 2 is 1.80 bits per heavy atom. The molecule has 25 heavy (non-hydrogen) atoms. The van der Waals surface area contributed by atoms with Crippen molar-refractivity contribution in [2.24, 2.45) is 0 Å². The summed E-state index contributed by atoms with van der Waals surface area (Å²) in [5.41, 5.74) is 3.68. The summed E-state index contributed by atoms with van der Waals surface area (Å²) in [5.74, 6) is -0.292. The van der Waals surface area contributed by atoms with Crippen molar-refractivity contribution >= 4 is 11.9 Å². The molecule has 0 aliphatic carbocycles. The molecule has 5 nitrogen and oxygen atoms in total. The van der Waals surface area contributed by atoms with Crippen LogP contribution in [0.2, 0.25) is 0 Å². The zero-order valence-corrected chi connectivity index (χ0v) is 14.4. The molecular weight excluding hydrogens is 318 g/mol. The molecule has 1 aliphatic heterocycles. The fourth-order valence-corrected chi connectivity index (χ4v) is 3.35. The van der Waals surface area contributed by atoms with Crippen LogP contribution in [0.25, 0.3) is 0 Å². The SMILES string of the molecule is COc1cccc2c1CCN(C(=O)c1cc(C)cc(C(=O)O)c1)CC2. The lowest BCUT2D eigenvalue weighted by Gasteiger charge is -2.21. The molecule has 0 spiro atoms. The molecular formula is C20H21NO4. The molecule has 2 aromatic carbocycles. The van der Waals surface area contributed by atoms with Crippen molar-refractivity contribution < 1.29 is 19.4 Å². The summed E-state index contributed by atoms with van der Waals surface area (Å²) in [7, 11) is 1.66. The number of aromatic carboxylic acids is 1. The van der Waals surface area contributed by atoms with E-state index in [-0.39, 0.29) is 11.5 Å². The highest BCUT2D eigenvalue weighted by Crippen LogP contribution is 2.26. The average molecular weight is 339 g/mol. The molecule has 0 bridgehead atoms. The predicted octanol–water partition coefficient (Wildman–Crippen LogP) is 2.94. The molecule has 130 valence electrons. The molecule has 1 amide bonds. The van der Waals surface area contributed by atoms with Gasteiger partial charge < -0.3 is 14.7 Å². The van der Waals surface area contributed by atoms with E-state index in [1.807, 2.05) is 12.1 Å². The number of ether oxygens (including phenoxy) is 1. The van der Waals surface area contributed by atoms with Crippen molar-refractivity contribution in [3.63, 3.8) is 0 Å². The van der Waals surface area contributed by atoms with E-state index >= 15 is 0 Å². The second kappa shape index (κ2) is 6.97. The van der Waals surface area contributed by atoms with E-state index < -0.39 is 5.97 Å². The Bertz CT molecular complexity index is 828. The van der Waals surface area contributed by atoms with E-state index in [0.29, 0.717) is 18.7 Å². The first-order chi connectivity index (χ1) is 12.0. The van der Waals surface area contributed by atoms with Crippen molar-refractivity contribution in [3.8, 4) is 5.75 Å². The monoisotopic (exact) mass is 339 g/mol. The van der Waals surface area contributed by atoms with Crippen molar-refractivity contribution in [3.05, 3.63) is 64.2 Å². The Kier molecular flexibility index (Phi) is 4.74. The average Bonchev–Trinajstić information content (AvgIpc) is 2.83. The van der Waals surface area contributed by atoms with Crippen LogP contribution in [-0.4, -0.2) is 42.1 Å². The number of hydrogen-bond acceptors (Lipinski definition) is 3. The highest BCUT2D eigenvalue weighted by molar-refractivity contribution is 5.97. The van der Waals surface area contributed by atoms with Crippen LogP contribution in [0, 0.1) is 6.92 Å². The number of nitrogens with zero attached hydrogens (tertiary/aromatic N) is 1. The number of amides is 1. The number of hydrogen-bond donors (Lipinski definition) is 1. The Balaban J connectivity index is 1.84. The zero-order chi connectivity index (χ0) is 18.0. The zero-order valence-electron chi connectivity index (χ0n) is 14.4. The minimum Gasteiger partial charge on any atom is -0.496 e. The van der Waals surface area contributed by atoms with Crippen LogP contribution in [-0.2, 0) is 12.8 Å². The first kappa shape index (κ1) is 17.0. The fourth-order valence-electron chi connectivity index (χ4n) is 3.35. The molecule has 0 radical (unpaired) electrons.